The van der Waals surface area contributed by atoms with Crippen LogP contribution in [0.5, 0.6) is 0 Å². The van der Waals surface area contributed by atoms with E-state index in [4.69, 9.17) is 5.73 Å². The van der Waals surface area contributed by atoms with Gasteiger partial charge in [0.05, 0.1) is 0 Å². The SMILES string of the molecule is CC1(C)CCCC1(CN)NC1CC=CC1. The fourth-order valence-corrected chi connectivity index (χ4v) is 3.24. The van der Waals surface area contributed by atoms with Gasteiger partial charge in [0.1, 0.15) is 0 Å². The Kier molecular flexibility index (Phi) is 2.91. The number of nitrogens with two attached hydrogens (primary N) is 1. The smallest absolute Gasteiger partial charge is 0.0357 e. The predicted molar refractivity (Wildman–Crippen MR) is 64.7 cm³/mol. The van der Waals surface area contributed by atoms with E-state index >= 15 is 0 Å². The summed E-state index contributed by atoms with van der Waals surface area (Å²) >= 11 is 0. The first-order chi connectivity index (χ1) is 7.10. The number of nitrogens with one attached hydrogen (secondary N) is 1. The van der Waals surface area contributed by atoms with Crippen molar-refractivity contribution >= 4 is 0 Å². The second-order valence-corrected chi connectivity index (χ2v) is 5.81. The first-order valence-corrected chi connectivity index (χ1v) is 6.22. The Morgan fingerprint density at radius 2 is 1.93 bits per heavy atom. The summed E-state index contributed by atoms with van der Waals surface area (Å²) < 4.78 is 0. The van der Waals surface area contributed by atoms with E-state index < -0.39 is 0 Å². The maximum atomic E-state index is 6.04. The van der Waals surface area contributed by atoms with Crippen LogP contribution in [-0.4, -0.2) is 18.1 Å². The highest BCUT2D eigenvalue weighted by atomic mass is 15.1. The Hall–Kier alpha value is -0.340. The molecule has 0 aromatic rings. The Morgan fingerprint density at radius 3 is 2.40 bits per heavy atom. The number of hydrogen-bond acceptors (Lipinski definition) is 2. The summed E-state index contributed by atoms with van der Waals surface area (Å²) in [6.45, 7) is 5.50. The van der Waals surface area contributed by atoms with E-state index in [1.807, 2.05) is 0 Å². The zero-order valence-electron chi connectivity index (χ0n) is 10.1. The molecule has 0 aromatic heterocycles. The quantitative estimate of drug-likeness (QED) is 0.698. The van der Waals surface area contributed by atoms with E-state index in [0.29, 0.717) is 11.5 Å². The van der Waals surface area contributed by atoms with Crippen LogP contribution in [0.4, 0.5) is 0 Å². The molecule has 0 aromatic carbocycles. The maximum absolute atomic E-state index is 6.04. The van der Waals surface area contributed by atoms with Crippen molar-refractivity contribution in [2.24, 2.45) is 11.1 Å². The third-order valence-electron chi connectivity index (χ3n) is 4.54. The summed E-state index contributed by atoms with van der Waals surface area (Å²) in [7, 11) is 0. The molecule has 2 aliphatic rings. The van der Waals surface area contributed by atoms with Crippen LogP contribution in [0.15, 0.2) is 12.2 Å². The molecule has 3 N–H and O–H groups in total. The summed E-state index contributed by atoms with van der Waals surface area (Å²) in [5.74, 6) is 0. The summed E-state index contributed by atoms with van der Waals surface area (Å²) in [5, 5.41) is 3.84. The third-order valence-corrected chi connectivity index (χ3v) is 4.54. The van der Waals surface area contributed by atoms with Gasteiger partial charge in [-0.15, -0.1) is 0 Å². The second-order valence-electron chi connectivity index (χ2n) is 5.81. The van der Waals surface area contributed by atoms with Gasteiger partial charge in [-0.05, 0) is 31.1 Å². The molecule has 1 saturated carbocycles. The van der Waals surface area contributed by atoms with Crippen molar-refractivity contribution in [3.63, 3.8) is 0 Å². The van der Waals surface area contributed by atoms with Crippen LogP contribution in [0.3, 0.4) is 0 Å². The lowest BCUT2D eigenvalue weighted by Crippen LogP contribution is -2.60. The Morgan fingerprint density at radius 1 is 1.27 bits per heavy atom. The average molecular weight is 208 g/mol. The first-order valence-electron chi connectivity index (χ1n) is 6.22. The molecule has 15 heavy (non-hydrogen) atoms. The lowest BCUT2D eigenvalue weighted by molar-refractivity contribution is 0.147. The van der Waals surface area contributed by atoms with Gasteiger partial charge in [-0.25, -0.2) is 0 Å². The largest absolute Gasteiger partial charge is 0.329 e. The Balaban J connectivity index is 2.07. The van der Waals surface area contributed by atoms with Gasteiger partial charge in [-0.3, -0.25) is 0 Å². The molecule has 2 rings (SSSR count). The Labute approximate surface area is 93.3 Å². The van der Waals surface area contributed by atoms with Crippen molar-refractivity contribution in [3.05, 3.63) is 12.2 Å². The van der Waals surface area contributed by atoms with Gasteiger partial charge < -0.3 is 11.1 Å². The van der Waals surface area contributed by atoms with Crippen molar-refractivity contribution in [1.29, 1.82) is 0 Å². The summed E-state index contributed by atoms with van der Waals surface area (Å²) in [5.41, 5.74) is 6.58. The minimum atomic E-state index is 0.184. The van der Waals surface area contributed by atoms with E-state index in [1.54, 1.807) is 0 Å². The normalized spacial score (nSPS) is 35.1. The minimum Gasteiger partial charge on any atom is -0.329 e. The molecule has 2 aliphatic carbocycles. The topological polar surface area (TPSA) is 38.0 Å². The molecule has 1 unspecified atom stereocenters. The molecule has 0 saturated heterocycles. The number of hydrogen-bond donors (Lipinski definition) is 2. The molecule has 0 bridgehead atoms. The highest BCUT2D eigenvalue weighted by Gasteiger charge is 2.48. The summed E-state index contributed by atoms with van der Waals surface area (Å²) in [4.78, 5) is 0. The molecular formula is C13H24N2. The van der Waals surface area contributed by atoms with E-state index in [9.17, 15) is 0 Å². The highest BCUT2D eigenvalue weighted by molar-refractivity contribution is 5.09. The van der Waals surface area contributed by atoms with Gasteiger partial charge in [0, 0.05) is 18.1 Å². The van der Waals surface area contributed by atoms with Gasteiger partial charge in [-0.2, -0.15) is 0 Å². The van der Waals surface area contributed by atoms with Crippen molar-refractivity contribution in [3.8, 4) is 0 Å². The standard InChI is InChI=1S/C13H24N2/c1-12(2)8-5-9-13(12,10-14)15-11-6-3-4-7-11/h3-4,11,15H,5-10,14H2,1-2H3. The number of rotatable bonds is 3. The van der Waals surface area contributed by atoms with Gasteiger partial charge >= 0.3 is 0 Å². The first kappa shape index (κ1) is 11.2. The molecule has 1 fully saturated rings. The monoisotopic (exact) mass is 208 g/mol. The fourth-order valence-electron chi connectivity index (χ4n) is 3.24. The third kappa shape index (κ3) is 1.85. The van der Waals surface area contributed by atoms with Crippen LogP contribution in [0, 0.1) is 5.41 Å². The van der Waals surface area contributed by atoms with Crippen molar-refractivity contribution < 1.29 is 0 Å². The van der Waals surface area contributed by atoms with E-state index in [2.05, 4.69) is 31.3 Å². The van der Waals surface area contributed by atoms with Crippen LogP contribution >= 0.6 is 0 Å². The summed E-state index contributed by atoms with van der Waals surface area (Å²) in [6, 6.07) is 0.630. The molecule has 0 aliphatic heterocycles. The predicted octanol–water partition coefficient (Wildman–Crippen LogP) is 2.20. The molecular weight excluding hydrogens is 184 g/mol. The van der Waals surface area contributed by atoms with Crippen molar-refractivity contribution in [1.82, 2.24) is 5.32 Å². The fraction of sp³-hybridized carbons (Fsp3) is 0.846. The Bertz CT molecular complexity index is 249. The second kappa shape index (κ2) is 3.91. The molecule has 86 valence electrons. The zero-order chi connectivity index (χ0) is 10.9. The molecule has 0 amide bonds. The van der Waals surface area contributed by atoms with E-state index in [-0.39, 0.29) is 5.54 Å². The van der Waals surface area contributed by atoms with Crippen molar-refractivity contribution in [2.45, 2.75) is 57.5 Å². The van der Waals surface area contributed by atoms with Crippen molar-refractivity contribution in [2.75, 3.05) is 6.54 Å². The van der Waals surface area contributed by atoms with Crippen LogP contribution in [0.25, 0.3) is 0 Å². The molecule has 2 heteroatoms. The van der Waals surface area contributed by atoms with Crippen LogP contribution in [0.2, 0.25) is 0 Å². The zero-order valence-corrected chi connectivity index (χ0v) is 10.1. The molecule has 0 spiro atoms. The van der Waals surface area contributed by atoms with Crippen LogP contribution < -0.4 is 11.1 Å². The van der Waals surface area contributed by atoms with E-state index in [0.717, 1.165) is 6.54 Å². The highest BCUT2D eigenvalue weighted by Crippen LogP contribution is 2.46. The van der Waals surface area contributed by atoms with E-state index in [1.165, 1.54) is 32.1 Å². The molecule has 1 atom stereocenters. The molecule has 0 radical (unpaired) electrons. The molecule has 2 nitrogen and oxygen atoms in total. The van der Waals surface area contributed by atoms with Gasteiger partial charge in [0.15, 0.2) is 0 Å². The lowest BCUT2D eigenvalue weighted by Gasteiger charge is -2.43. The van der Waals surface area contributed by atoms with Gasteiger partial charge in [0.25, 0.3) is 0 Å². The van der Waals surface area contributed by atoms with Gasteiger partial charge in [0.2, 0.25) is 0 Å². The average Bonchev–Trinajstić information content (AvgIpc) is 2.76. The van der Waals surface area contributed by atoms with Gasteiger partial charge in [-0.1, -0.05) is 32.4 Å². The minimum absolute atomic E-state index is 0.184. The molecule has 0 heterocycles. The lowest BCUT2D eigenvalue weighted by atomic mass is 9.74. The van der Waals surface area contributed by atoms with Crippen LogP contribution in [-0.2, 0) is 0 Å². The summed E-state index contributed by atoms with van der Waals surface area (Å²) in [6.07, 6.45) is 10.8. The van der Waals surface area contributed by atoms with Crippen LogP contribution in [0.1, 0.15) is 46.0 Å². The maximum Gasteiger partial charge on any atom is 0.0357 e.